The molecule has 0 aliphatic carbocycles. The van der Waals surface area contributed by atoms with E-state index in [-0.39, 0.29) is 4.90 Å². The second kappa shape index (κ2) is 8.36. The van der Waals surface area contributed by atoms with Crippen LogP contribution in [0.3, 0.4) is 0 Å². The van der Waals surface area contributed by atoms with Gasteiger partial charge in [-0.3, -0.25) is 5.10 Å². The van der Waals surface area contributed by atoms with Crippen molar-refractivity contribution in [2.75, 3.05) is 12.4 Å². The van der Waals surface area contributed by atoms with Crippen LogP contribution in [-0.4, -0.2) is 25.7 Å². The minimum atomic E-state index is -3.72. The number of sulfonamides is 1. The van der Waals surface area contributed by atoms with Crippen molar-refractivity contribution in [2.24, 2.45) is 5.14 Å². The molecule has 5 rings (SSSR count). The molecule has 0 unspecified atom stereocenters. The fraction of sp³-hybridized carbons (Fsp3) is 0.0417. The SMILES string of the molecule is COc1cccc(-c2cccc3c(-c4cc(Nc5ccc(S(N)(=O)=O)cc5)n[nH]4)csc23)c1. The largest absolute Gasteiger partial charge is 0.497 e. The van der Waals surface area contributed by atoms with Gasteiger partial charge < -0.3 is 10.1 Å². The Bertz CT molecular complexity index is 1550. The Balaban J connectivity index is 1.45. The van der Waals surface area contributed by atoms with Gasteiger partial charge in [0.05, 0.1) is 17.7 Å². The Morgan fingerprint density at radius 2 is 1.79 bits per heavy atom. The van der Waals surface area contributed by atoms with E-state index >= 15 is 0 Å². The van der Waals surface area contributed by atoms with Gasteiger partial charge >= 0.3 is 0 Å². The first kappa shape index (κ1) is 21.2. The standard InChI is InChI=1S/C24H20N4O3S2/c1-31-17-5-2-4-15(12-17)19-6-3-7-20-21(14-32-24(19)20)22-13-23(28-27-22)26-16-8-10-18(11-9-16)33(25,29)30/h2-14H,1H3,(H2,25,29,30)(H2,26,27,28). The molecule has 0 atom stereocenters. The minimum Gasteiger partial charge on any atom is -0.497 e. The summed E-state index contributed by atoms with van der Waals surface area (Å²) in [6.07, 6.45) is 0. The molecule has 9 heteroatoms. The van der Waals surface area contributed by atoms with Gasteiger partial charge in [-0.05, 0) is 47.5 Å². The molecule has 5 aromatic rings. The smallest absolute Gasteiger partial charge is 0.238 e. The lowest BCUT2D eigenvalue weighted by atomic mass is 10.0. The molecule has 0 fully saturated rings. The van der Waals surface area contributed by atoms with E-state index in [1.54, 1.807) is 30.6 Å². The number of ether oxygens (including phenoxy) is 1. The predicted octanol–water partition coefficient (Wildman–Crippen LogP) is 5.36. The number of nitrogens with zero attached hydrogens (tertiary/aromatic N) is 1. The quantitative estimate of drug-likeness (QED) is 0.306. The molecular formula is C24H20N4O3S2. The van der Waals surface area contributed by atoms with E-state index in [2.05, 4.69) is 45.2 Å². The number of H-pyrrole nitrogens is 1. The number of thiophene rings is 1. The molecule has 0 bridgehead atoms. The van der Waals surface area contributed by atoms with E-state index in [0.29, 0.717) is 11.5 Å². The van der Waals surface area contributed by atoms with Crippen molar-refractivity contribution in [2.45, 2.75) is 4.90 Å². The van der Waals surface area contributed by atoms with Crippen LogP contribution in [0, 0.1) is 0 Å². The maximum Gasteiger partial charge on any atom is 0.238 e. The van der Waals surface area contributed by atoms with Crippen LogP contribution in [-0.2, 0) is 10.0 Å². The summed E-state index contributed by atoms with van der Waals surface area (Å²) < 4.78 is 29.4. The highest BCUT2D eigenvalue weighted by Crippen LogP contribution is 2.40. The minimum absolute atomic E-state index is 0.0624. The van der Waals surface area contributed by atoms with Gasteiger partial charge in [-0.1, -0.05) is 30.3 Å². The summed E-state index contributed by atoms with van der Waals surface area (Å²) in [7, 11) is -2.05. The van der Waals surface area contributed by atoms with Gasteiger partial charge in [0.25, 0.3) is 0 Å². The lowest BCUT2D eigenvalue weighted by Crippen LogP contribution is -2.11. The van der Waals surface area contributed by atoms with Crippen LogP contribution in [0.15, 0.2) is 83.1 Å². The summed E-state index contributed by atoms with van der Waals surface area (Å²) in [5.74, 6) is 1.44. The summed E-state index contributed by atoms with van der Waals surface area (Å²) in [6, 6.07) is 22.4. The van der Waals surface area contributed by atoms with Gasteiger partial charge in [-0.25, -0.2) is 13.6 Å². The second-order valence-electron chi connectivity index (χ2n) is 7.42. The summed E-state index contributed by atoms with van der Waals surface area (Å²) in [5, 5.41) is 19.0. The van der Waals surface area contributed by atoms with Gasteiger partial charge in [-0.15, -0.1) is 11.3 Å². The van der Waals surface area contributed by atoms with Crippen molar-refractivity contribution in [1.29, 1.82) is 0 Å². The lowest BCUT2D eigenvalue weighted by molar-refractivity contribution is 0.415. The maximum atomic E-state index is 11.4. The highest BCUT2D eigenvalue weighted by atomic mass is 32.2. The number of methoxy groups -OCH3 is 1. The molecule has 0 saturated carbocycles. The van der Waals surface area contributed by atoms with Crippen LogP contribution < -0.4 is 15.2 Å². The number of nitrogens with two attached hydrogens (primary N) is 1. The molecule has 166 valence electrons. The van der Waals surface area contributed by atoms with E-state index < -0.39 is 10.0 Å². The van der Waals surface area contributed by atoms with Crippen molar-refractivity contribution in [1.82, 2.24) is 10.2 Å². The molecule has 2 aromatic heterocycles. The average molecular weight is 477 g/mol. The van der Waals surface area contributed by atoms with E-state index in [1.165, 1.54) is 16.8 Å². The molecule has 0 saturated heterocycles. The Morgan fingerprint density at radius 3 is 2.55 bits per heavy atom. The third kappa shape index (κ3) is 4.21. The first-order chi connectivity index (χ1) is 15.9. The van der Waals surface area contributed by atoms with E-state index in [1.807, 2.05) is 24.3 Å². The fourth-order valence-corrected chi connectivity index (χ4v) is 5.31. The number of benzene rings is 3. The summed E-state index contributed by atoms with van der Waals surface area (Å²) in [4.78, 5) is 0.0624. The molecule has 0 radical (unpaired) electrons. The van der Waals surface area contributed by atoms with Crippen LogP contribution in [0.2, 0.25) is 0 Å². The Labute approximate surface area is 194 Å². The van der Waals surface area contributed by atoms with Crippen molar-refractivity contribution < 1.29 is 13.2 Å². The molecule has 33 heavy (non-hydrogen) atoms. The number of primary sulfonamides is 1. The zero-order valence-corrected chi connectivity index (χ0v) is 19.2. The van der Waals surface area contributed by atoms with Crippen LogP contribution in [0.5, 0.6) is 5.75 Å². The van der Waals surface area contributed by atoms with Crippen molar-refractivity contribution in [3.8, 4) is 28.1 Å². The van der Waals surface area contributed by atoms with Gasteiger partial charge in [-0.2, -0.15) is 5.10 Å². The Morgan fingerprint density at radius 1 is 1.00 bits per heavy atom. The molecule has 2 heterocycles. The van der Waals surface area contributed by atoms with Crippen LogP contribution in [0.1, 0.15) is 0 Å². The normalized spacial score (nSPS) is 11.6. The maximum absolute atomic E-state index is 11.4. The highest BCUT2D eigenvalue weighted by Gasteiger charge is 2.14. The molecule has 0 amide bonds. The molecule has 0 aliphatic rings. The van der Waals surface area contributed by atoms with Gasteiger partial charge in [0.2, 0.25) is 10.0 Å². The zero-order chi connectivity index (χ0) is 23.0. The molecule has 4 N–H and O–H groups in total. The first-order valence-corrected chi connectivity index (χ1v) is 12.5. The first-order valence-electron chi connectivity index (χ1n) is 10.0. The van der Waals surface area contributed by atoms with Crippen molar-refractivity contribution >= 4 is 43.0 Å². The van der Waals surface area contributed by atoms with E-state index in [0.717, 1.165) is 33.5 Å². The number of aromatic amines is 1. The monoisotopic (exact) mass is 476 g/mol. The van der Waals surface area contributed by atoms with Gasteiger partial charge in [0, 0.05) is 32.8 Å². The molecular weight excluding hydrogens is 456 g/mol. The van der Waals surface area contributed by atoms with Gasteiger partial charge in [0.1, 0.15) is 5.75 Å². The predicted molar refractivity (Wildman–Crippen MR) is 132 cm³/mol. The average Bonchev–Trinajstić information content (AvgIpc) is 3.45. The van der Waals surface area contributed by atoms with E-state index in [4.69, 9.17) is 9.88 Å². The summed E-state index contributed by atoms with van der Waals surface area (Å²) >= 11 is 1.68. The third-order valence-electron chi connectivity index (χ3n) is 5.30. The topological polar surface area (TPSA) is 110 Å². The molecule has 3 aromatic carbocycles. The molecule has 7 nitrogen and oxygen atoms in total. The fourth-order valence-electron chi connectivity index (χ4n) is 3.68. The molecule has 0 aliphatic heterocycles. The third-order valence-corrected chi connectivity index (χ3v) is 7.26. The van der Waals surface area contributed by atoms with Crippen molar-refractivity contribution in [3.05, 3.63) is 78.2 Å². The number of aromatic nitrogens is 2. The number of hydrogen-bond acceptors (Lipinski definition) is 6. The highest BCUT2D eigenvalue weighted by molar-refractivity contribution is 7.89. The van der Waals surface area contributed by atoms with Crippen molar-refractivity contribution in [3.63, 3.8) is 0 Å². The Kier molecular flexibility index (Phi) is 5.37. The Hall–Kier alpha value is -3.66. The zero-order valence-electron chi connectivity index (χ0n) is 17.6. The van der Waals surface area contributed by atoms with Crippen LogP contribution in [0.4, 0.5) is 11.5 Å². The summed E-state index contributed by atoms with van der Waals surface area (Å²) in [6.45, 7) is 0. The second-order valence-corrected chi connectivity index (χ2v) is 9.87. The van der Waals surface area contributed by atoms with Crippen LogP contribution >= 0.6 is 11.3 Å². The number of rotatable bonds is 6. The number of anilines is 2. The summed E-state index contributed by atoms with van der Waals surface area (Å²) in [5.41, 5.74) is 4.90. The van der Waals surface area contributed by atoms with Crippen LogP contribution in [0.25, 0.3) is 32.5 Å². The molecule has 0 spiro atoms. The number of hydrogen-bond donors (Lipinski definition) is 3. The van der Waals surface area contributed by atoms with E-state index in [9.17, 15) is 8.42 Å². The lowest BCUT2D eigenvalue weighted by Gasteiger charge is -2.06. The number of nitrogens with one attached hydrogen (secondary N) is 2. The van der Waals surface area contributed by atoms with Gasteiger partial charge in [0.15, 0.2) is 5.82 Å². The number of fused-ring (bicyclic) bond motifs is 1.